The van der Waals surface area contributed by atoms with E-state index in [-0.39, 0.29) is 18.5 Å². The van der Waals surface area contributed by atoms with Gasteiger partial charge in [0.1, 0.15) is 12.3 Å². The molecule has 0 spiro atoms. The van der Waals surface area contributed by atoms with Crippen LogP contribution in [0.1, 0.15) is 24.7 Å². The summed E-state index contributed by atoms with van der Waals surface area (Å²) in [6, 6.07) is 8.80. The Kier molecular flexibility index (Phi) is 5.95. The first-order chi connectivity index (χ1) is 11.5. The third-order valence-electron chi connectivity index (χ3n) is 3.31. The quantitative estimate of drug-likeness (QED) is 0.851. The van der Waals surface area contributed by atoms with Crippen molar-refractivity contribution in [2.45, 2.75) is 27.2 Å². The van der Waals surface area contributed by atoms with Crippen molar-refractivity contribution in [2.24, 2.45) is 0 Å². The van der Waals surface area contributed by atoms with Crippen molar-refractivity contribution in [1.82, 2.24) is 10.1 Å². The summed E-state index contributed by atoms with van der Waals surface area (Å²) in [5, 5.41) is 9.12. The second kappa shape index (κ2) is 8.14. The molecule has 7 nitrogen and oxygen atoms in total. The summed E-state index contributed by atoms with van der Waals surface area (Å²) in [5.74, 6) is 0.622. The molecule has 24 heavy (non-hydrogen) atoms. The maximum absolute atomic E-state index is 12.4. The van der Waals surface area contributed by atoms with E-state index in [0.717, 1.165) is 12.0 Å². The third kappa shape index (κ3) is 5.12. The first-order valence-electron chi connectivity index (χ1n) is 7.83. The molecular formula is C17H22N4O3. The van der Waals surface area contributed by atoms with Crippen molar-refractivity contribution in [3.63, 3.8) is 0 Å². The molecule has 2 rings (SSSR count). The Morgan fingerprint density at radius 1 is 1.17 bits per heavy atom. The number of carbonyl (C=O) groups excluding carboxylic acids is 2. The van der Waals surface area contributed by atoms with Crippen LogP contribution in [0.4, 0.5) is 16.3 Å². The highest BCUT2D eigenvalue weighted by molar-refractivity contribution is 5.96. The Balaban J connectivity index is 1.95. The van der Waals surface area contributed by atoms with Gasteiger partial charge in [0.2, 0.25) is 5.91 Å². The molecule has 1 heterocycles. The zero-order chi connectivity index (χ0) is 17.5. The first kappa shape index (κ1) is 17.5. The number of hydrogen-bond acceptors (Lipinski definition) is 4. The molecule has 0 fully saturated rings. The van der Waals surface area contributed by atoms with E-state index in [2.05, 4.69) is 15.8 Å². The minimum absolute atomic E-state index is 0.0581. The Morgan fingerprint density at radius 3 is 2.46 bits per heavy atom. The number of carbonyl (C=O) groups is 2. The molecule has 1 aromatic carbocycles. The second-order valence-electron chi connectivity index (χ2n) is 5.59. The SMILES string of the molecule is CCCN(CC(=O)Nc1cc(C)on1)C(=O)Nc1ccc(C)cc1. The molecule has 0 aliphatic rings. The van der Waals surface area contributed by atoms with Crippen LogP contribution in [0.5, 0.6) is 0 Å². The van der Waals surface area contributed by atoms with E-state index in [0.29, 0.717) is 23.8 Å². The van der Waals surface area contributed by atoms with Crippen LogP contribution in [0.15, 0.2) is 34.9 Å². The van der Waals surface area contributed by atoms with Crippen LogP contribution in [0.25, 0.3) is 0 Å². The predicted molar refractivity (Wildman–Crippen MR) is 91.9 cm³/mol. The molecule has 0 unspecified atom stereocenters. The number of urea groups is 1. The zero-order valence-corrected chi connectivity index (χ0v) is 14.1. The van der Waals surface area contributed by atoms with Gasteiger partial charge in [-0.3, -0.25) is 4.79 Å². The molecule has 2 aromatic rings. The van der Waals surface area contributed by atoms with Gasteiger partial charge in [-0.15, -0.1) is 0 Å². The van der Waals surface area contributed by atoms with Crippen LogP contribution >= 0.6 is 0 Å². The molecule has 1 aromatic heterocycles. The summed E-state index contributed by atoms with van der Waals surface area (Å²) in [5.41, 5.74) is 1.81. The van der Waals surface area contributed by atoms with Gasteiger partial charge >= 0.3 is 6.03 Å². The minimum Gasteiger partial charge on any atom is -0.360 e. The summed E-state index contributed by atoms with van der Waals surface area (Å²) >= 11 is 0. The fourth-order valence-corrected chi connectivity index (χ4v) is 2.14. The summed E-state index contributed by atoms with van der Waals surface area (Å²) in [7, 11) is 0. The van der Waals surface area contributed by atoms with Gasteiger partial charge in [0.05, 0.1) is 0 Å². The van der Waals surface area contributed by atoms with Crippen molar-refractivity contribution in [1.29, 1.82) is 0 Å². The summed E-state index contributed by atoms with van der Waals surface area (Å²) < 4.78 is 4.90. The maximum Gasteiger partial charge on any atom is 0.322 e. The molecule has 0 saturated carbocycles. The number of hydrogen-bond donors (Lipinski definition) is 2. The largest absolute Gasteiger partial charge is 0.360 e. The van der Waals surface area contributed by atoms with Crippen molar-refractivity contribution in [3.8, 4) is 0 Å². The van der Waals surface area contributed by atoms with E-state index < -0.39 is 0 Å². The van der Waals surface area contributed by atoms with Crippen molar-refractivity contribution < 1.29 is 14.1 Å². The summed E-state index contributed by atoms with van der Waals surface area (Å²) in [6.07, 6.45) is 0.748. The van der Waals surface area contributed by atoms with Crippen LogP contribution in [0.3, 0.4) is 0 Å². The number of nitrogens with one attached hydrogen (secondary N) is 2. The Hall–Kier alpha value is -2.83. The molecular weight excluding hydrogens is 308 g/mol. The topological polar surface area (TPSA) is 87.5 Å². The van der Waals surface area contributed by atoms with Crippen molar-refractivity contribution in [2.75, 3.05) is 23.7 Å². The van der Waals surface area contributed by atoms with Gasteiger partial charge in [-0.1, -0.05) is 29.8 Å². The number of nitrogens with zero attached hydrogens (tertiary/aromatic N) is 2. The molecule has 2 N–H and O–H groups in total. The lowest BCUT2D eigenvalue weighted by Crippen LogP contribution is -2.41. The van der Waals surface area contributed by atoms with Gasteiger partial charge in [-0.25, -0.2) is 4.79 Å². The van der Waals surface area contributed by atoms with Crippen LogP contribution in [-0.4, -0.2) is 35.1 Å². The van der Waals surface area contributed by atoms with Gasteiger partial charge in [0.15, 0.2) is 5.82 Å². The van der Waals surface area contributed by atoms with Gasteiger partial charge in [-0.2, -0.15) is 0 Å². The van der Waals surface area contributed by atoms with E-state index >= 15 is 0 Å². The average Bonchev–Trinajstić information content (AvgIpc) is 2.94. The minimum atomic E-state index is -0.323. The van der Waals surface area contributed by atoms with Crippen LogP contribution in [0.2, 0.25) is 0 Å². The average molecular weight is 330 g/mol. The molecule has 0 aliphatic carbocycles. The van der Waals surface area contributed by atoms with Crippen LogP contribution in [-0.2, 0) is 4.79 Å². The summed E-state index contributed by atoms with van der Waals surface area (Å²) in [4.78, 5) is 25.9. The first-order valence-corrected chi connectivity index (χ1v) is 7.83. The Morgan fingerprint density at radius 2 is 1.88 bits per heavy atom. The number of rotatable bonds is 6. The predicted octanol–water partition coefficient (Wildman–Crippen LogP) is 3.17. The molecule has 0 atom stereocenters. The lowest BCUT2D eigenvalue weighted by atomic mass is 10.2. The highest BCUT2D eigenvalue weighted by Crippen LogP contribution is 2.10. The van der Waals surface area contributed by atoms with Crippen LogP contribution in [0, 0.1) is 13.8 Å². The van der Waals surface area contributed by atoms with Crippen LogP contribution < -0.4 is 10.6 Å². The highest BCUT2D eigenvalue weighted by atomic mass is 16.5. The van der Waals surface area contributed by atoms with E-state index in [1.807, 2.05) is 38.1 Å². The normalized spacial score (nSPS) is 10.3. The lowest BCUT2D eigenvalue weighted by molar-refractivity contribution is -0.116. The van der Waals surface area contributed by atoms with Crippen molar-refractivity contribution >= 4 is 23.4 Å². The summed E-state index contributed by atoms with van der Waals surface area (Å²) in [6.45, 7) is 6.08. The number of aryl methyl sites for hydroxylation is 2. The zero-order valence-electron chi connectivity index (χ0n) is 14.1. The molecule has 0 bridgehead atoms. The fourth-order valence-electron chi connectivity index (χ4n) is 2.14. The molecule has 128 valence electrons. The number of aromatic nitrogens is 1. The third-order valence-corrected chi connectivity index (χ3v) is 3.31. The van der Waals surface area contributed by atoms with Gasteiger partial charge in [-0.05, 0) is 32.4 Å². The van der Waals surface area contributed by atoms with Gasteiger partial charge < -0.3 is 20.1 Å². The molecule has 0 aliphatic heterocycles. The Labute approximate surface area is 141 Å². The standard InChI is InChI=1S/C17H22N4O3/c1-4-9-21(11-16(22)19-15-10-13(3)24-20-15)17(23)18-14-7-5-12(2)6-8-14/h5-8,10H,4,9,11H2,1-3H3,(H,18,23)(H,19,20,22). The van der Waals surface area contributed by atoms with Gasteiger partial charge in [0.25, 0.3) is 0 Å². The van der Waals surface area contributed by atoms with E-state index in [4.69, 9.17) is 4.52 Å². The Bertz CT molecular complexity index is 694. The molecule has 7 heteroatoms. The molecule has 0 saturated heterocycles. The monoisotopic (exact) mass is 330 g/mol. The smallest absolute Gasteiger partial charge is 0.322 e. The lowest BCUT2D eigenvalue weighted by Gasteiger charge is -2.21. The molecule has 0 radical (unpaired) electrons. The molecule has 3 amide bonds. The number of anilines is 2. The van der Waals surface area contributed by atoms with Gasteiger partial charge in [0, 0.05) is 18.3 Å². The second-order valence-corrected chi connectivity index (χ2v) is 5.59. The number of amides is 3. The number of benzene rings is 1. The van der Waals surface area contributed by atoms with E-state index in [1.54, 1.807) is 13.0 Å². The van der Waals surface area contributed by atoms with E-state index in [1.165, 1.54) is 4.90 Å². The van der Waals surface area contributed by atoms with E-state index in [9.17, 15) is 9.59 Å². The maximum atomic E-state index is 12.4. The fraction of sp³-hybridized carbons (Fsp3) is 0.353. The van der Waals surface area contributed by atoms with Crippen molar-refractivity contribution in [3.05, 3.63) is 41.7 Å². The highest BCUT2D eigenvalue weighted by Gasteiger charge is 2.17.